The second kappa shape index (κ2) is 8.83. The van der Waals surface area contributed by atoms with Gasteiger partial charge in [0.25, 0.3) is 5.56 Å². The Hall–Kier alpha value is -2.94. The Kier molecular flexibility index (Phi) is 6.25. The van der Waals surface area contributed by atoms with Crippen LogP contribution in [0.1, 0.15) is 23.6 Å². The Bertz CT molecular complexity index is 1030. The van der Waals surface area contributed by atoms with E-state index in [1.807, 2.05) is 6.26 Å². The number of benzene rings is 1. The molecule has 0 spiro atoms. The standard InChI is InChI=1S/C19H18FN3O4S/c1-11-14(18(25)23-19(22-11)28-2)7-8-17(24)26-10-16-21-9-15(27-16)12-3-5-13(20)6-4-12/h3-6,9H,7-8,10H2,1-2H3,(H,22,23,25). The molecule has 3 rings (SSSR count). The van der Waals surface area contributed by atoms with Crippen LogP contribution >= 0.6 is 11.8 Å². The quantitative estimate of drug-likeness (QED) is 0.367. The van der Waals surface area contributed by atoms with E-state index in [1.54, 1.807) is 19.1 Å². The Balaban J connectivity index is 1.54. The van der Waals surface area contributed by atoms with E-state index < -0.39 is 5.97 Å². The molecule has 0 aliphatic heterocycles. The molecule has 0 aliphatic rings. The van der Waals surface area contributed by atoms with Crippen molar-refractivity contribution >= 4 is 17.7 Å². The van der Waals surface area contributed by atoms with E-state index in [4.69, 9.17) is 9.15 Å². The van der Waals surface area contributed by atoms with Crippen LogP contribution < -0.4 is 5.56 Å². The molecule has 3 aromatic rings. The van der Waals surface area contributed by atoms with Crippen molar-refractivity contribution in [2.24, 2.45) is 0 Å². The van der Waals surface area contributed by atoms with Gasteiger partial charge in [0.2, 0.25) is 5.89 Å². The van der Waals surface area contributed by atoms with Crippen molar-refractivity contribution in [2.75, 3.05) is 6.26 Å². The second-order valence-electron chi connectivity index (χ2n) is 5.92. The molecule has 28 heavy (non-hydrogen) atoms. The number of ether oxygens (including phenoxy) is 1. The van der Waals surface area contributed by atoms with Crippen LogP contribution in [-0.4, -0.2) is 27.2 Å². The molecule has 0 saturated heterocycles. The molecule has 0 saturated carbocycles. The summed E-state index contributed by atoms with van der Waals surface area (Å²) in [5, 5.41) is 0.537. The predicted octanol–water partition coefficient (Wildman–Crippen LogP) is 3.27. The van der Waals surface area contributed by atoms with Gasteiger partial charge >= 0.3 is 5.97 Å². The normalized spacial score (nSPS) is 10.8. The average Bonchev–Trinajstić information content (AvgIpc) is 3.15. The Morgan fingerprint density at radius 2 is 2.07 bits per heavy atom. The maximum absolute atomic E-state index is 13.0. The molecule has 0 amide bonds. The number of aryl methyl sites for hydroxylation is 1. The molecule has 0 bridgehead atoms. The first-order valence-corrected chi connectivity index (χ1v) is 9.69. The highest BCUT2D eigenvalue weighted by molar-refractivity contribution is 7.98. The third-order valence-corrected chi connectivity index (χ3v) is 4.59. The smallest absolute Gasteiger partial charge is 0.306 e. The molecule has 0 fully saturated rings. The van der Waals surface area contributed by atoms with Gasteiger partial charge in [-0.3, -0.25) is 9.59 Å². The first-order valence-electron chi connectivity index (χ1n) is 8.46. The van der Waals surface area contributed by atoms with Gasteiger partial charge in [-0.1, -0.05) is 11.8 Å². The van der Waals surface area contributed by atoms with E-state index in [0.717, 1.165) is 0 Å². The summed E-state index contributed by atoms with van der Waals surface area (Å²) in [6, 6.07) is 5.79. The summed E-state index contributed by atoms with van der Waals surface area (Å²) in [6.07, 6.45) is 3.57. The third-order valence-electron chi connectivity index (χ3n) is 4.01. The molecule has 0 unspecified atom stereocenters. The summed E-state index contributed by atoms with van der Waals surface area (Å²) >= 11 is 1.34. The van der Waals surface area contributed by atoms with Crippen molar-refractivity contribution in [3.05, 3.63) is 63.8 Å². The highest BCUT2D eigenvalue weighted by atomic mass is 32.2. The monoisotopic (exact) mass is 403 g/mol. The largest absolute Gasteiger partial charge is 0.456 e. The van der Waals surface area contributed by atoms with Gasteiger partial charge in [-0.05, 0) is 43.9 Å². The minimum absolute atomic E-state index is 0.0374. The molecule has 2 aromatic heterocycles. The van der Waals surface area contributed by atoms with Gasteiger partial charge in [0, 0.05) is 23.2 Å². The van der Waals surface area contributed by atoms with Crippen LogP contribution in [0.3, 0.4) is 0 Å². The number of halogens is 1. The minimum Gasteiger partial charge on any atom is -0.456 e. The number of oxazole rings is 1. The van der Waals surface area contributed by atoms with Crippen molar-refractivity contribution in [3.8, 4) is 11.3 Å². The zero-order valence-electron chi connectivity index (χ0n) is 15.3. The number of hydrogen-bond acceptors (Lipinski definition) is 7. The SMILES string of the molecule is CSc1nc(C)c(CCC(=O)OCc2ncc(-c3ccc(F)cc3)o2)c(=O)[nH]1. The number of nitrogens with zero attached hydrogens (tertiary/aromatic N) is 2. The lowest BCUT2D eigenvalue weighted by Gasteiger charge is -2.06. The van der Waals surface area contributed by atoms with Crippen molar-refractivity contribution < 1.29 is 18.3 Å². The Morgan fingerprint density at radius 1 is 1.32 bits per heavy atom. The summed E-state index contributed by atoms with van der Waals surface area (Å²) in [5.74, 6) is -0.139. The van der Waals surface area contributed by atoms with Crippen LogP contribution in [0.5, 0.6) is 0 Å². The highest BCUT2D eigenvalue weighted by Gasteiger charge is 2.13. The molecule has 0 radical (unpaired) electrons. The fourth-order valence-corrected chi connectivity index (χ4v) is 2.96. The van der Waals surface area contributed by atoms with E-state index in [0.29, 0.717) is 27.7 Å². The van der Waals surface area contributed by atoms with Crippen LogP contribution in [0.4, 0.5) is 4.39 Å². The number of carbonyl (C=O) groups excluding carboxylic acids is 1. The maximum atomic E-state index is 13.0. The van der Waals surface area contributed by atoms with Gasteiger partial charge < -0.3 is 14.1 Å². The van der Waals surface area contributed by atoms with Crippen molar-refractivity contribution in [1.29, 1.82) is 0 Å². The lowest BCUT2D eigenvalue weighted by atomic mass is 10.1. The van der Waals surface area contributed by atoms with Gasteiger partial charge in [-0.15, -0.1) is 0 Å². The molecule has 7 nitrogen and oxygen atoms in total. The van der Waals surface area contributed by atoms with Gasteiger partial charge in [0.15, 0.2) is 17.5 Å². The number of esters is 1. The lowest BCUT2D eigenvalue weighted by molar-refractivity contribution is -0.145. The molecule has 0 atom stereocenters. The predicted molar refractivity (Wildman–Crippen MR) is 101 cm³/mol. The Labute approximate surface area is 164 Å². The Morgan fingerprint density at radius 3 is 2.75 bits per heavy atom. The maximum Gasteiger partial charge on any atom is 0.306 e. The number of hydrogen-bond donors (Lipinski definition) is 1. The second-order valence-corrected chi connectivity index (χ2v) is 6.72. The zero-order valence-corrected chi connectivity index (χ0v) is 16.1. The molecule has 1 aromatic carbocycles. The number of aromatic nitrogens is 3. The van der Waals surface area contributed by atoms with E-state index >= 15 is 0 Å². The number of aromatic amines is 1. The molecule has 2 heterocycles. The van der Waals surface area contributed by atoms with Crippen LogP contribution in [0, 0.1) is 12.7 Å². The van der Waals surface area contributed by atoms with E-state index in [9.17, 15) is 14.0 Å². The summed E-state index contributed by atoms with van der Waals surface area (Å²) in [7, 11) is 0. The van der Waals surface area contributed by atoms with E-state index in [-0.39, 0.29) is 36.7 Å². The van der Waals surface area contributed by atoms with Crippen LogP contribution in [0.2, 0.25) is 0 Å². The zero-order chi connectivity index (χ0) is 20.1. The lowest BCUT2D eigenvalue weighted by Crippen LogP contribution is -2.18. The minimum atomic E-state index is -0.478. The highest BCUT2D eigenvalue weighted by Crippen LogP contribution is 2.21. The summed E-state index contributed by atoms with van der Waals surface area (Å²) in [6.45, 7) is 1.61. The molecule has 146 valence electrons. The van der Waals surface area contributed by atoms with Crippen LogP contribution in [0.15, 0.2) is 44.8 Å². The van der Waals surface area contributed by atoms with E-state index in [1.165, 1.54) is 30.1 Å². The number of carbonyl (C=O) groups is 1. The molecular weight excluding hydrogens is 385 g/mol. The fourth-order valence-electron chi connectivity index (χ4n) is 2.54. The summed E-state index contributed by atoms with van der Waals surface area (Å²) in [5.41, 5.74) is 1.48. The fraction of sp³-hybridized carbons (Fsp3) is 0.263. The average molecular weight is 403 g/mol. The molecular formula is C19H18FN3O4S. The third kappa shape index (κ3) is 4.86. The van der Waals surface area contributed by atoms with Crippen molar-refractivity contribution in [1.82, 2.24) is 15.0 Å². The first kappa shape index (κ1) is 19.8. The van der Waals surface area contributed by atoms with Crippen molar-refractivity contribution in [2.45, 2.75) is 31.5 Å². The van der Waals surface area contributed by atoms with Gasteiger partial charge in [0.1, 0.15) is 5.82 Å². The molecule has 0 aliphatic carbocycles. The number of rotatable bonds is 7. The van der Waals surface area contributed by atoms with Gasteiger partial charge in [-0.2, -0.15) is 0 Å². The number of thioether (sulfide) groups is 1. The van der Waals surface area contributed by atoms with Crippen LogP contribution in [-0.2, 0) is 22.6 Å². The number of H-pyrrole nitrogens is 1. The summed E-state index contributed by atoms with van der Waals surface area (Å²) < 4.78 is 23.6. The van der Waals surface area contributed by atoms with Gasteiger partial charge in [0.05, 0.1) is 6.20 Å². The topological polar surface area (TPSA) is 98.1 Å². The number of nitrogens with one attached hydrogen (secondary N) is 1. The summed E-state index contributed by atoms with van der Waals surface area (Å²) in [4.78, 5) is 35.0. The van der Waals surface area contributed by atoms with Crippen LogP contribution in [0.25, 0.3) is 11.3 Å². The first-order chi connectivity index (χ1) is 13.5. The van der Waals surface area contributed by atoms with Gasteiger partial charge in [-0.25, -0.2) is 14.4 Å². The van der Waals surface area contributed by atoms with E-state index in [2.05, 4.69) is 15.0 Å². The van der Waals surface area contributed by atoms with Crippen molar-refractivity contribution in [3.63, 3.8) is 0 Å². The molecule has 1 N–H and O–H groups in total. The molecule has 9 heteroatoms.